The molecule has 2 aromatic rings. The number of hydrogen-bond acceptors (Lipinski definition) is 4. The summed E-state index contributed by atoms with van der Waals surface area (Å²) in [5.41, 5.74) is 2.23. The molecule has 0 aliphatic rings. The standard InChI is InChI=1S/C20H21NO4/c1-24-19(22)18-13-6-5-11-17(18)12-7-8-14-21-20(23)25-15-16-9-3-2-4-10-16/h2-7,9-13H,8,14-15H2,1H3,(H,21,23). The van der Waals surface area contributed by atoms with Gasteiger partial charge in [-0.25, -0.2) is 9.59 Å². The first-order valence-corrected chi connectivity index (χ1v) is 7.99. The van der Waals surface area contributed by atoms with Crippen LogP contribution in [-0.4, -0.2) is 25.7 Å². The quantitative estimate of drug-likeness (QED) is 0.615. The lowest BCUT2D eigenvalue weighted by atomic mass is 10.1. The fraction of sp³-hybridized carbons (Fsp3) is 0.200. The average molecular weight is 339 g/mol. The molecule has 5 heteroatoms. The van der Waals surface area contributed by atoms with Crippen molar-refractivity contribution in [3.8, 4) is 0 Å². The molecule has 0 radical (unpaired) electrons. The predicted molar refractivity (Wildman–Crippen MR) is 96.1 cm³/mol. The number of benzene rings is 2. The Morgan fingerprint density at radius 2 is 1.76 bits per heavy atom. The first-order chi connectivity index (χ1) is 12.2. The molecule has 0 saturated heterocycles. The van der Waals surface area contributed by atoms with E-state index in [9.17, 15) is 9.59 Å². The van der Waals surface area contributed by atoms with Crippen molar-refractivity contribution in [2.24, 2.45) is 0 Å². The first-order valence-electron chi connectivity index (χ1n) is 7.99. The zero-order valence-electron chi connectivity index (χ0n) is 14.1. The van der Waals surface area contributed by atoms with E-state index in [2.05, 4.69) is 5.32 Å². The summed E-state index contributed by atoms with van der Waals surface area (Å²) in [7, 11) is 1.35. The molecule has 0 spiro atoms. The summed E-state index contributed by atoms with van der Waals surface area (Å²) in [6.45, 7) is 0.694. The summed E-state index contributed by atoms with van der Waals surface area (Å²) < 4.78 is 9.88. The molecule has 0 saturated carbocycles. The highest BCUT2D eigenvalue weighted by atomic mass is 16.5. The van der Waals surface area contributed by atoms with Crippen molar-refractivity contribution in [2.75, 3.05) is 13.7 Å². The van der Waals surface area contributed by atoms with Gasteiger partial charge in [-0.2, -0.15) is 0 Å². The largest absolute Gasteiger partial charge is 0.465 e. The van der Waals surface area contributed by atoms with Crippen LogP contribution in [0.4, 0.5) is 4.79 Å². The maximum absolute atomic E-state index is 11.7. The van der Waals surface area contributed by atoms with Gasteiger partial charge in [0.2, 0.25) is 0 Å². The van der Waals surface area contributed by atoms with E-state index in [1.54, 1.807) is 12.1 Å². The molecule has 0 aliphatic heterocycles. The number of ether oxygens (including phenoxy) is 2. The molecule has 0 bridgehead atoms. The molecule has 130 valence electrons. The smallest absolute Gasteiger partial charge is 0.407 e. The lowest BCUT2D eigenvalue weighted by Crippen LogP contribution is -2.24. The molecule has 1 amide bonds. The Labute approximate surface area is 147 Å². The second-order valence-corrected chi connectivity index (χ2v) is 5.26. The summed E-state index contributed by atoms with van der Waals surface area (Å²) in [6.07, 6.45) is 3.89. The van der Waals surface area contributed by atoms with Crippen molar-refractivity contribution >= 4 is 18.1 Å². The minimum absolute atomic E-state index is 0.245. The highest BCUT2D eigenvalue weighted by Crippen LogP contribution is 2.12. The van der Waals surface area contributed by atoms with E-state index in [-0.39, 0.29) is 12.6 Å². The van der Waals surface area contributed by atoms with Gasteiger partial charge in [0.25, 0.3) is 0 Å². The number of carbonyl (C=O) groups excluding carboxylic acids is 2. The van der Waals surface area contributed by atoms with Crippen molar-refractivity contribution < 1.29 is 19.1 Å². The van der Waals surface area contributed by atoms with E-state index >= 15 is 0 Å². The molecule has 2 aromatic carbocycles. The van der Waals surface area contributed by atoms with Crippen LogP contribution < -0.4 is 5.32 Å². The lowest BCUT2D eigenvalue weighted by molar-refractivity contribution is 0.0600. The Kier molecular flexibility index (Phi) is 7.25. The van der Waals surface area contributed by atoms with Crippen LogP contribution in [0.1, 0.15) is 27.9 Å². The second-order valence-electron chi connectivity index (χ2n) is 5.26. The Balaban J connectivity index is 1.73. The molecule has 0 unspecified atom stereocenters. The Morgan fingerprint density at radius 3 is 2.52 bits per heavy atom. The molecular weight excluding hydrogens is 318 g/mol. The predicted octanol–water partition coefficient (Wildman–Crippen LogP) is 3.80. The van der Waals surface area contributed by atoms with Crippen LogP contribution in [0.5, 0.6) is 0 Å². The number of esters is 1. The Bertz CT molecular complexity index is 725. The number of alkyl carbamates (subject to hydrolysis) is 1. The minimum Gasteiger partial charge on any atom is -0.465 e. The first kappa shape index (κ1) is 18.3. The maximum atomic E-state index is 11.7. The van der Waals surface area contributed by atoms with Crippen LogP contribution in [0.3, 0.4) is 0 Å². The van der Waals surface area contributed by atoms with Crippen LogP contribution in [0.25, 0.3) is 6.08 Å². The molecule has 0 aromatic heterocycles. The van der Waals surface area contributed by atoms with E-state index in [4.69, 9.17) is 9.47 Å². The van der Waals surface area contributed by atoms with E-state index in [0.717, 1.165) is 11.1 Å². The Hall–Kier alpha value is -3.08. The third-order valence-electron chi connectivity index (χ3n) is 3.46. The van der Waals surface area contributed by atoms with Gasteiger partial charge in [0, 0.05) is 6.54 Å². The molecule has 0 fully saturated rings. The van der Waals surface area contributed by atoms with Crippen molar-refractivity contribution in [1.82, 2.24) is 5.32 Å². The van der Waals surface area contributed by atoms with Crippen LogP contribution in [0.2, 0.25) is 0 Å². The number of nitrogens with one attached hydrogen (secondary N) is 1. The maximum Gasteiger partial charge on any atom is 0.407 e. The van der Waals surface area contributed by atoms with Crippen molar-refractivity contribution in [2.45, 2.75) is 13.0 Å². The van der Waals surface area contributed by atoms with E-state index in [0.29, 0.717) is 18.5 Å². The van der Waals surface area contributed by atoms with Gasteiger partial charge in [-0.1, -0.05) is 60.7 Å². The van der Waals surface area contributed by atoms with Crippen molar-refractivity contribution in [3.05, 3.63) is 77.4 Å². The van der Waals surface area contributed by atoms with E-state index < -0.39 is 6.09 Å². The number of methoxy groups -OCH3 is 1. The second kappa shape index (κ2) is 9.93. The topological polar surface area (TPSA) is 64.6 Å². The highest BCUT2D eigenvalue weighted by molar-refractivity contribution is 5.93. The van der Waals surface area contributed by atoms with Gasteiger partial charge >= 0.3 is 12.1 Å². The van der Waals surface area contributed by atoms with E-state index in [1.807, 2.05) is 54.6 Å². The zero-order valence-corrected chi connectivity index (χ0v) is 14.1. The van der Waals surface area contributed by atoms with Crippen LogP contribution in [0, 0.1) is 0 Å². The third-order valence-corrected chi connectivity index (χ3v) is 3.46. The molecule has 1 N–H and O–H groups in total. The molecule has 25 heavy (non-hydrogen) atoms. The van der Waals surface area contributed by atoms with E-state index in [1.165, 1.54) is 7.11 Å². The highest BCUT2D eigenvalue weighted by Gasteiger charge is 2.08. The number of rotatable bonds is 7. The lowest BCUT2D eigenvalue weighted by Gasteiger charge is -2.06. The minimum atomic E-state index is -0.452. The molecular formula is C20H21NO4. The van der Waals surface area contributed by atoms with Crippen LogP contribution >= 0.6 is 0 Å². The number of carbonyl (C=O) groups is 2. The summed E-state index contributed by atoms with van der Waals surface area (Å²) >= 11 is 0. The third kappa shape index (κ3) is 6.14. The number of amides is 1. The van der Waals surface area contributed by atoms with Gasteiger partial charge in [0.05, 0.1) is 12.7 Å². The summed E-state index contributed by atoms with van der Waals surface area (Å²) in [4.78, 5) is 23.3. The van der Waals surface area contributed by atoms with Gasteiger partial charge in [-0.3, -0.25) is 0 Å². The molecule has 0 heterocycles. The van der Waals surface area contributed by atoms with Gasteiger partial charge in [0.1, 0.15) is 6.61 Å². The molecule has 2 rings (SSSR count). The molecule has 5 nitrogen and oxygen atoms in total. The fourth-order valence-electron chi connectivity index (χ4n) is 2.18. The molecule has 0 aliphatic carbocycles. The summed E-state index contributed by atoms with van der Waals surface area (Å²) in [5.74, 6) is -0.372. The molecule has 0 atom stereocenters. The number of hydrogen-bond donors (Lipinski definition) is 1. The Morgan fingerprint density at radius 1 is 1.04 bits per heavy atom. The van der Waals surface area contributed by atoms with Crippen molar-refractivity contribution in [1.29, 1.82) is 0 Å². The van der Waals surface area contributed by atoms with Crippen LogP contribution in [0.15, 0.2) is 60.7 Å². The summed E-state index contributed by atoms with van der Waals surface area (Å²) in [5, 5.41) is 2.68. The van der Waals surface area contributed by atoms with Crippen molar-refractivity contribution in [3.63, 3.8) is 0 Å². The SMILES string of the molecule is COC(=O)c1ccccc1C=CCCNC(=O)OCc1ccccc1. The summed E-state index contributed by atoms with van der Waals surface area (Å²) in [6, 6.07) is 16.7. The van der Waals surface area contributed by atoms with Gasteiger partial charge < -0.3 is 14.8 Å². The van der Waals surface area contributed by atoms with Crippen LogP contribution in [-0.2, 0) is 16.1 Å². The van der Waals surface area contributed by atoms with Gasteiger partial charge in [-0.15, -0.1) is 0 Å². The monoisotopic (exact) mass is 339 g/mol. The average Bonchev–Trinajstić information content (AvgIpc) is 2.66. The fourth-order valence-corrected chi connectivity index (χ4v) is 2.18. The van der Waals surface area contributed by atoms with Gasteiger partial charge in [-0.05, 0) is 23.6 Å². The zero-order chi connectivity index (χ0) is 17.9. The normalized spacial score (nSPS) is 10.4. The van der Waals surface area contributed by atoms with Gasteiger partial charge in [0.15, 0.2) is 0 Å².